The largest absolute Gasteiger partial charge is 0.507 e. The minimum atomic E-state index is -0.298. The number of carbonyl (C=O) groups is 1. The van der Waals surface area contributed by atoms with Gasteiger partial charge < -0.3 is 10.4 Å². The number of halogens is 2. The molecule has 0 aromatic heterocycles. The predicted octanol–water partition coefficient (Wildman–Crippen LogP) is 3.29. The normalized spacial score (nSPS) is 14.1. The van der Waals surface area contributed by atoms with Gasteiger partial charge in [0.25, 0.3) is 5.91 Å². The highest BCUT2D eigenvalue weighted by Gasteiger charge is 2.15. The Morgan fingerprint density at radius 3 is 2.76 bits per heavy atom. The predicted molar refractivity (Wildman–Crippen MR) is 72.7 cm³/mol. The molecule has 3 nitrogen and oxygen atoms in total. The molecule has 0 aliphatic rings. The van der Waals surface area contributed by atoms with Gasteiger partial charge in [0.2, 0.25) is 0 Å². The van der Waals surface area contributed by atoms with E-state index in [9.17, 15) is 9.90 Å². The fourth-order valence-corrected chi connectivity index (χ4v) is 2.17. The fraction of sp³-hybridized carbons (Fsp3) is 0.417. The molecule has 0 heterocycles. The van der Waals surface area contributed by atoms with Gasteiger partial charge in [-0.15, -0.1) is 11.6 Å². The fourth-order valence-electron chi connectivity index (χ4n) is 1.54. The molecule has 2 unspecified atom stereocenters. The minimum absolute atomic E-state index is 0.00130. The summed E-state index contributed by atoms with van der Waals surface area (Å²) in [7, 11) is 0. The van der Waals surface area contributed by atoms with Crippen LogP contribution in [0.3, 0.4) is 0 Å². The zero-order valence-electron chi connectivity index (χ0n) is 9.71. The molecule has 0 radical (unpaired) electrons. The molecule has 5 heteroatoms. The van der Waals surface area contributed by atoms with E-state index in [1.165, 1.54) is 6.07 Å². The Morgan fingerprint density at radius 1 is 1.53 bits per heavy atom. The number of phenols is 1. The van der Waals surface area contributed by atoms with Gasteiger partial charge in [0.1, 0.15) is 5.75 Å². The first-order valence-electron chi connectivity index (χ1n) is 5.33. The van der Waals surface area contributed by atoms with Gasteiger partial charge in [0, 0.05) is 15.9 Å². The maximum atomic E-state index is 11.9. The maximum Gasteiger partial charge on any atom is 0.255 e. The average Bonchev–Trinajstić information content (AvgIpc) is 2.20. The van der Waals surface area contributed by atoms with Crippen LogP contribution in [0.15, 0.2) is 22.7 Å². The molecule has 0 spiro atoms. The van der Waals surface area contributed by atoms with Crippen LogP contribution in [-0.2, 0) is 0 Å². The lowest BCUT2D eigenvalue weighted by atomic mass is 10.1. The molecule has 2 atom stereocenters. The van der Waals surface area contributed by atoms with E-state index >= 15 is 0 Å². The van der Waals surface area contributed by atoms with Gasteiger partial charge in [-0.25, -0.2) is 0 Å². The number of phenolic OH excluding ortho intramolecular Hbond substituents is 1. The molecule has 2 N–H and O–H groups in total. The lowest BCUT2D eigenvalue weighted by molar-refractivity contribution is 0.0936. The summed E-state index contributed by atoms with van der Waals surface area (Å²) in [5.74, 6) is -0.328. The molecule has 1 rings (SSSR count). The van der Waals surface area contributed by atoms with Crippen molar-refractivity contribution in [2.24, 2.45) is 0 Å². The average molecular weight is 321 g/mol. The Bertz CT molecular complexity index is 409. The summed E-state index contributed by atoms with van der Waals surface area (Å²) < 4.78 is 0.749. The Balaban J connectivity index is 2.73. The summed E-state index contributed by atoms with van der Waals surface area (Å²) in [6.45, 7) is 3.76. The van der Waals surface area contributed by atoms with Crippen molar-refractivity contribution in [3.05, 3.63) is 28.2 Å². The van der Waals surface area contributed by atoms with Crippen molar-refractivity contribution < 1.29 is 9.90 Å². The molecule has 0 saturated carbocycles. The van der Waals surface area contributed by atoms with Crippen LogP contribution in [0, 0.1) is 0 Å². The number of hydrogen-bond acceptors (Lipinski definition) is 2. The summed E-state index contributed by atoms with van der Waals surface area (Å²) >= 11 is 9.11. The van der Waals surface area contributed by atoms with Crippen molar-refractivity contribution in [3.8, 4) is 5.75 Å². The number of rotatable bonds is 4. The van der Waals surface area contributed by atoms with Crippen LogP contribution in [0.2, 0.25) is 0 Å². The number of hydrogen-bond donors (Lipinski definition) is 2. The third-order valence-electron chi connectivity index (χ3n) is 2.26. The molecule has 0 bridgehead atoms. The molecule has 94 valence electrons. The molecular formula is C12H15BrClNO2. The molecule has 0 fully saturated rings. The molecule has 17 heavy (non-hydrogen) atoms. The van der Waals surface area contributed by atoms with Gasteiger partial charge in [0.15, 0.2) is 0 Å². The van der Waals surface area contributed by atoms with E-state index in [0.29, 0.717) is 6.42 Å². The van der Waals surface area contributed by atoms with Crippen molar-refractivity contribution in [1.82, 2.24) is 5.32 Å². The number of aromatic hydroxyl groups is 1. The molecule has 1 amide bonds. The van der Waals surface area contributed by atoms with Crippen molar-refractivity contribution >= 4 is 33.4 Å². The van der Waals surface area contributed by atoms with E-state index in [4.69, 9.17) is 11.6 Å². The van der Waals surface area contributed by atoms with E-state index in [-0.39, 0.29) is 28.6 Å². The van der Waals surface area contributed by atoms with Crippen LogP contribution in [0.1, 0.15) is 30.6 Å². The van der Waals surface area contributed by atoms with E-state index in [0.717, 1.165) is 4.47 Å². The highest BCUT2D eigenvalue weighted by atomic mass is 79.9. The Morgan fingerprint density at radius 2 is 2.18 bits per heavy atom. The Hall–Kier alpha value is -0.740. The summed E-state index contributed by atoms with van der Waals surface area (Å²) in [6.07, 6.45) is 0.683. The van der Waals surface area contributed by atoms with Crippen molar-refractivity contribution in [2.45, 2.75) is 31.7 Å². The van der Waals surface area contributed by atoms with Crippen molar-refractivity contribution in [3.63, 3.8) is 0 Å². The van der Waals surface area contributed by atoms with Crippen LogP contribution in [-0.4, -0.2) is 22.4 Å². The number of amides is 1. The van der Waals surface area contributed by atoms with Crippen LogP contribution in [0.4, 0.5) is 0 Å². The lowest BCUT2D eigenvalue weighted by Gasteiger charge is -2.15. The zero-order chi connectivity index (χ0) is 13.0. The molecular weight excluding hydrogens is 305 g/mol. The highest BCUT2D eigenvalue weighted by Crippen LogP contribution is 2.21. The summed E-state index contributed by atoms with van der Waals surface area (Å²) in [4.78, 5) is 11.9. The summed E-state index contributed by atoms with van der Waals surface area (Å²) in [5.41, 5.74) is 0.258. The monoisotopic (exact) mass is 319 g/mol. The number of nitrogens with one attached hydrogen (secondary N) is 1. The number of benzene rings is 1. The summed E-state index contributed by atoms with van der Waals surface area (Å²) in [5, 5.41) is 12.4. The first kappa shape index (κ1) is 14.3. The van der Waals surface area contributed by atoms with Gasteiger partial charge in [-0.2, -0.15) is 0 Å². The molecule has 1 aromatic rings. The second-order valence-corrected chi connectivity index (χ2v) is 5.71. The van der Waals surface area contributed by atoms with Crippen LogP contribution in [0.25, 0.3) is 0 Å². The smallest absolute Gasteiger partial charge is 0.255 e. The Kier molecular flexibility index (Phi) is 5.28. The topological polar surface area (TPSA) is 49.3 Å². The quantitative estimate of drug-likeness (QED) is 0.836. The molecule has 1 aromatic carbocycles. The van der Waals surface area contributed by atoms with E-state index in [1.54, 1.807) is 12.1 Å². The molecule has 0 saturated heterocycles. The second kappa shape index (κ2) is 6.26. The van der Waals surface area contributed by atoms with E-state index in [1.807, 2.05) is 13.8 Å². The number of alkyl halides is 1. The van der Waals surface area contributed by atoms with E-state index < -0.39 is 0 Å². The minimum Gasteiger partial charge on any atom is -0.507 e. The third-order valence-corrected chi connectivity index (χ3v) is 2.93. The van der Waals surface area contributed by atoms with E-state index in [2.05, 4.69) is 21.2 Å². The summed E-state index contributed by atoms with van der Waals surface area (Å²) in [6, 6.07) is 4.71. The van der Waals surface area contributed by atoms with Crippen LogP contribution >= 0.6 is 27.5 Å². The number of carbonyl (C=O) groups excluding carboxylic acids is 1. The first-order valence-corrected chi connectivity index (χ1v) is 6.56. The zero-order valence-corrected chi connectivity index (χ0v) is 12.0. The van der Waals surface area contributed by atoms with Gasteiger partial charge in [0.05, 0.1) is 5.56 Å². The van der Waals surface area contributed by atoms with Crippen LogP contribution < -0.4 is 5.32 Å². The first-order chi connectivity index (χ1) is 7.90. The van der Waals surface area contributed by atoms with Gasteiger partial charge >= 0.3 is 0 Å². The lowest BCUT2D eigenvalue weighted by Crippen LogP contribution is -2.33. The molecule has 0 aliphatic heterocycles. The van der Waals surface area contributed by atoms with Gasteiger partial charge in [-0.3, -0.25) is 4.79 Å². The Labute approximate surface area is 114 Å². The third kappa shape index (κ3) is 4.56. The maximum absolute atomic E-state index is 11.9. The standard InChI is InChI=1S/C12H15BrClNO2/c1-7(14)5-8(2)15-12(17)10-6-9(13)3-4-11(10)16/h3-4,6-8,16H,5H2,1-2H3,(H,15,17). The van der Waals surface area contributed by atoms with Gasteiger partial charge in [-0.05, 0) is 38.5 Å². The highest BCUT2D eigenvalue weighted by molar-refractivity contribution is 9.10. The van der Waals surface area contributed by atoms with Crippen LogP contribution in [0.5, 0.6) is 5.75 Å². The van der Waals surface area contributed by atoms with Crippen molar-refractivity contribution in [1.29, 1.82) is 0 Å². The van der Waals surface area contributed by atoms with Crippen molar-refractivity contribution in [2.75, 3.05) is 0 Å². The SMILES string of the molecule is CC(Cl)CC(C)NC(=O)c1cc(Br)ccc1O. The second-order valence-electron chi connectivity index (χ2n) is 4.05. The van der Waals surface area contributed by atoms with Gasteiger partial charge in [-0.1, -0.05) is 15.9 Å². The molecule has 0 aliphatic carbocycles.